The molecule has 1 rings (SSSR count). The third kappa shape index (κ3) is 8.53. The third-order valence-electron chi connectivity index (χ3n) is 3.75. The van der Waals surface area contributed by atoms with Crippen molar-refractivity contribution in [1.82, 2.24) is 10.7 Å². The van der Waals surface area contributed by atoms with Gasteiger partial charge < -0.3 is 20.9 Å². The van der Waals surface area contributed by atoms with E-state index in [0.717, 1.165) is 12.8 Å². The number of ether oxygens (including phenoxy) is 1. The first-order chi connectivity index (χ1) is 11.0. The molecule has 0 spiro atoms. The molecule has 2 amide bonds. The zero-order chi connectivity index (χ0) is 17.1. The number of carbonyl (C=O) groups excluding carboxylic acids is 2. The van der Waals surface area contributed by atoms with Crippen LogP contribution in [0.2, 0.25) is 0 Å². The summed E-state index contributed by atoms with van der Waals surface area (Å²) in [6.07, 6.45) is 7.39. The second-order valence-corrected chi connectivity index (χ2v) is 5.72. The molecule has 23 heavy (non-hydrogen) atoms. The molecule has 7 N–H and O–H groups in total. The lowest BCUT2D eigenvalue weighted by atomic mass is 10.0. The van der Waals surface area contributed by atoms with Crippen LogP contribution in [0.3, 0.4) is 0 Å². The molecule has 0 saturated carbocycles. The molecule has 1 aliphatic rings. The zero-order valence-corrected chi connectivity index (χ0v) is 13.4. The van der Waals surface area contributed by atoms with Crippen LogP contribution in [-0.2, 0) is 9.53 Å². The van der Waals surface area contributed by atoms with Gasteiger partial charge in [0.05, 0.1) is 12.1 Å². The first-order valence-corrected chi connectivity index (χ1v) is 8.08. The summed E-state index contributed by atoms with van der Waals surface area (Å²) in [4.78, 5) is 22.8. The van der Waals surface area contributed by atoms with E-state index in [9.17, 15) is 14.7 Å². The van der Waals surface area contributed by atoms with E-state index < -0.39 is 18.0 Å². The van der Waals surface area contributed by atoms with Gasteiger partial charge >= 0.3 is 6.09 Å². The van der Waals surface area contributed by atoms with Gasteiger partial charge in [-0.2, -0.15) is 0 Å². The van der Waals surface area contributed by atoms with Crippen molar-refractivity contribution >= 4 is 12.0 Å². The Morgan fingerprint density at radius 2 is 2.09 bits per heavy atom. The minimum absolute atomic E-state index is 0.299. The molecule has 0 aromatic carbocycles. The van der Waals surface area contributed by atoms with E-state index in [0.29, 0.717) is 38.6 Å². The van der Waals surface area contributed by atoms with Crippen LogP contribution >= 0.6 is 0 Å². The minimum Gasteiger partial charge on any atom is -0.442 e. The lowest BCUT2D eigenvalue weighted by Crippen LogP contribution is -2.43. The van der Waals surface area contributed by atoms with E-state index in [1.807, 2.05) is 17.6 Å². The smallest absolute Gasteiger partial charge is 0.407 e. The number of hydrogen-bond acceptors (Lipinski definition) is 6. The average Bonchev–Trinajstić information content (AvgIpc) is 2.52. The molecule has 0 aliphatic heterocycles. The Labute approximate surface area is 136 Å². The number of amides is 2. The molecule has 2 unspecified atom stereocenters. The summed E-state index contributed by atoms with van der Waals surface area (Å²) in [6, 6.07) is -0.626. The highest BCUT2D eigenvalue weighted by Gasteiger charge is 2.16. The van der Waals surface area contributed by atoms with Crippen LogP contribution in [0.5, 0.6) is 0 Å². The van der Waals surface area contributed by atoms with Crippen LogP contribution in [-0.4, -0.2) is 41.9 Å². The van der Waals surface area contributed by atoms with Gasteiger partial charge in [0.15, 0.2) is 0 Å². The molecule has 0 aromatic rings. The largest absolute Gasteiger partial charge is 0.442 e. The first-order valence-electron chi connectivity index (χ1n) is 8.08. The van der Waals surface area contributed by atoms with Crippen molar-refractivity contribution in [3.63, 3.8) is 0 Å². The van der Waals surface area contributed by atoms with Crippen LogP contribution < -0.4 is 22.3 Å². The SMILES string of the molecule is NNC(=O)C(N)CCCCNC(=O)OC1/C=C/CC[C@H](O)CC1. The van der Waals surface area contributed by atoms with Crippen molar-refractivity contribution in [1.29, 1.82) is 0 Å². The molecule has 0 bridgehead atoms. The van der Waals surface area contributed by atoms with Crippen LogP contribution in [0.4, 0.5) is 4.79 Å². The van der Waals surface area contributed by atoms with Gasteiger partial charge in [-0.15, -0.1) is 0 Å². The number of nitrogens with one attached hydrogen (secondary N) is 2. The maximum atomic E-state index is 11.7. The Bertz CT molecular complexity index is 403. The topological polar surface area (TPSA) is 140 Å². The van der Waals surface area contributed by atoms with Gasteiger partial charge in [0.2, 0.25) is 0 Å². The highest BCUT2D eigenvalue weighted by Crippen LogP contribution is 2.15. The quantitative estimate of drug-likeness (QED) is 0.147. The maximum Gasteiger partial charge on any atom is 0.407 e. The van der Waals surface area contributed by atoms with E-state index in [4.69, 9.17) is 16.3 Å². The van der Waals surface area contributed by atoms with Crippen LogP contribution in [0.25, 0.3) is 0 Å². The molecular formula is C15H28N4O4. The summed E-state index contributed by atoms with van der Waals surface area (Å²) in [7, 11) is 0. The number of unbranched alkanes of at least 4 members (excludes halogenated alkanes) is 1. The first kappa shape index (κ1) is 19.4. The number of nitrogens with two attached hydrogens (primary N) is 2. The van der Waals surface area contributed by atoms with Crippen molar-refractivity contribution in [2.24, 2.45) is 11.6 Å². The van der Waals surface area contributed by atoms with Gasteiger partial charge in [-0.3, -0.25) is 10.2 Å². The average molecular weight is 328 g/mol. The Balaban J connectivity index is 2.14. The number of carbonyl (C=O) groups is 2. The molecule has 0 fully saturated rings. The molecule has 1 aliphatic carbocycles. The molecular weight excluding hydrogens is 300 g/mol. The van der Waals surface area contributed by atoms with Crippen LogP contribution in [0, 0.1) is 0 Å². The van der Waals surface area contributed by atoms with Gasteiger partial charge in [0.25, 0.3) is 5.91 Å². The molecule has 0 aromatic heterocycles. The molecule has 0 heterocycles. The Morgan fingerprint density at radius 3 is 2.83 bits per heavy atom. The fourth-order valence-corrected chi connectivity index (χ4v) is 2.33. The van der Waals surface area contributed by atoms with Crippen LogP contribution in [0.15, 0.2) is 12.2 Å². The number of hydrogen-bond donors (Lipinski definition) is 5. The highest BCUT2D eigenvalue weighted by atomic mass is 16.6. The highest BCUT2D eigenvalue weighted by molar-refractivity contribution is 5.80. The lowest BCUT2D eigenvalue weighted by molar-refractivity contribution is -0.122. The predicted octanol–water partition coefficient (Wildman–Crippen LogP) is 0.0598. The summed E-state index contributed by atoms with van der Waals surface area (Å²) in [6.45, 7) is 0.453. The molecule has 8 nitrogen and oxygen atoms in total. The standard InChI is InChI=1S/C15H28N4O4/c16-13(14(21)19-17)7-3-4-10-18-15(22)23-12-6-2-1-5-11(20)8-9-12/h2,6,11-13,20H,1,3-5,7-10,16-17H2,(H,18,22)(H,19,21)/b6-2+/t11-,12?,13?/m0/s1. The van der Waals surface area contributed by atoms with Crippen molar-refractivity contribution in [3.8, 4) is 0 Å². The number of rotatable bonds is 7. The van der Waals surface area contributed by atoms with Crippen molar-refractivity contribution in [3.05, 3.63) is 12.2 Å². The number of alkyl carbamates (subject to hydrolysis) is 1. The lowest BCUT2D eigenvalue weighted by Gasteiger charge is -2.19. The second kappa shape index (κ2) is 11.0. The molecule has 3 atom stereocenters. The normalized spacial score (nSPS) is 24.0. The maximum absolute atomic E-state index is 11.7. The van der Waals surface area contributed by atoms with E-state index >= 15 is 0 Å². The zero-order valence-electron chi connectivity index (χ0n) is 13.4. The second-order valence-electron chi connectivity index (χ2n) is 5.72. The van der Waals surface area contributed by atoms with Gasteiger partial charge in [-0.1, -0.05) is 6.08 Å². The Hall–Kier alpha value is -1.64. The fraction of sp³-hybridized carbons (Fsp3) is 0.733. The van der Waals surface area contributed by atoms with Crippen molar-refractivity contribution in [2.75, 3.05) is 6.54 Å². The summed E-state index contributed by atoms with van der Waals surface area (Å²) in [5.41, 5.74) is 7.60. The van der Waals surface area contributed by atoms with Crippen molar-refractivity contribution in [2.45, 2.75) is 63.2 Å². The third-order valence-corrected chi connectivity index (χ3v) is 3.75. The van der Waals surface area contributed by atoms with E-state index in [-0.39, 0.29) is 12.2 Å². The fourth-order valence-electron chi connectivity index (χ4n) is 2.33. The molecule has 0 radical (unpaired) electrons. The van der Waals surface area contributed by atoms with Gasteiger partial charge in [0, 0.05) is 6.54 Å². The monoisotopic (exact) mass is 328 g/mol. The number of aliphatic hydroxyl groups excluding tert-OH is 1. The van der Waals surface area contributed by atoms with E-state index in [1.165, 1.54) is 0 Å². The molecule has 132 valence electrons. The number of hydrazine groups is 1. The van der Waals surface area contributed by atoms with E-state index in [1.54, 1.807) is 0 Å². The summed E-state index contributed by atoms with van der Waals surface area (Å²) in [5, 5.41) is 12.3. The van der Waals surface area contributed by atoms with Crippen molar-refractivity contribution < 1.29 is 19.4 Å². The minimum atomic E-state index is -0.626. The summed E-state index contributed by atoms with van der Waals surface area (Å²) < 4.78 is 5.31. The molecule has 8 heteroatoms. The van der Waals surface area contributed by atoms with Crippen LogP contribution in [0.1, 0.15) is 44.9 Å². The van der Waals surface area contributed by atoms with E-state index in [2.05, 4.69) is 5.32 Å². The number of aliphatic hydroxyl groups is 1. The summed E-state index contributed by atoms with van der Waals surface area (Å²) in [5.74, 6) is 4.59. The van der Waals surface area contributed by atoms with Gasteiger partial charge in [-0.05, 0) is 51.0 Å². The Kier molecular flexibility index (Phi) is 9.27. The predicted molar refractivity (Wildman–Crippen MR) is 86.0 cm³/mol. The number of allylic oxidation sites excluding steroid dienone is 1. The molecule has 0 saturated heterocycles. The Morgan fingerprint density at radius 1 is 1.30 bits per heavy atom. The summed E-state index contributed by atoms with van der Waals surface area (Å²) >= 11 is 0. The van der Waals surface area contributed by atoms with Gasteiger partial charge in [0.1, 0.15) is 6.10 Å². The van der Waals surface area contributed by atoms with Gasteiger partial charge in [-0.25, -0.2) is 10.6 Å².